The molecule has 0 heterocycles. The molecule has 0 amide bonds. The van der Waals surface area contributed by atoms with Crippen LogP contribution < -0.4 is 5.73 Å². The first-order valence-corrected chi connectivity index (χ1v) is 4.24. The zero-order chi connectivity index (χ0) is 9.14. The van der Waals surface area contributed by atoms with Crippen LogP contribution in [-0.4, -0.2) is 0 Å². The number of benzene rings is 1. The lowest BCUT2D eigenvalue weighted by Crippen LogP contribution is -1.85. The van der Waals surface area contributed by atoms with Gasteiger partial charge in [0, 0.05) is 5.69 Å². The SMILES string of the molecule is CC(=C(Cl)Cl)c1ccc(N)cc1. The van der Waals surface area contributed by atoms with E-state index < -0.39 is 0 Å². The van der Waals surface area contributed by atoms with Crippen LogP contribution in [0.25, 0.3) is 5.57 Å². The smallest absolute Gasteiger partial charge is 0.110 e. The minimum atomic E-state index is 0.291. The first-order valence-electron chi connectivity index (χ1n) is 3.49. The molecule has 0 aliphatic rings. The molecule has 0 aliphatic carbocycles. The zero-order valence-electron chi connectivity index (χ0n) is 6.64. The van der Waals surface area contributed by atoms with E-state index in [0.29, 0.717) is 4.49 Å². The number of allylic oxidation sites excluding steroid dienone is 1. The van der Waals surface area contributed by atoms with Gasteiger partial charge in [-0.1, -0.05) is 35.3 Å². The van der Waals surface area contributed by atoms with Crippen molar-refractivity contribution in [3.05, 3.63) is 34.3 Å². The summed E-state index contributed by atoms with van der Waals surface area (Å²) < 4.78 is 0.291. The highest BCUT2D eigenvalue weighted by Crippen LogP contribution is 2.23. The lowest BCUT2D eigenvalue weighted by atomic mass is 10.1. The van der Waals surface area contributed by atoms with Crippen LogP contribution in [0.15, 0.2) is 28.8 Å². The summed E-state index contributed by atoms with van der Waals surface area (Å²) in [6.07, 6.45) is 0. The Morgan fingerprint density at radius 1 is 1.17 bits per heavy atom. The second-order valence-corrected chi connectivity index (χ2v) is 3.46. The maximum Gasteiger partial charge on any atom is 0.110 e. The molecule has 0 fully saturated rings. The Morgan fingerprint density at radius 3 is 2.08 bits per heavy atom. The van der Waals surface area contributed by atoms with Gasteiger partial charge in [-0.05, 0) is 30.2 Å². The second kappa shape index (κ2) is 3.83. The van der Waals surface area contributed by atoms with Crippen LogP contribution in [0, 0.1) is 0 Å². The summed E-state index contributed by atoms with van der Waals surface area (Å²) >= 11 is 11.2. The van der Waals surface area contributed by atoms with E-state index in [2.05, 4.69) is 0 Å². The lowest BCUT2D eigenvalue weighted by molar-refractivity contribution is 1.57. The molecule has 0 aromatic heterocycles. The Kier molecular flexibility index (Phi) is 3.01. The lowest BCUT2D eigenvalue weighted by Gasteiger charge is -2.01. The summed E-state index contributed by atoms with van der Waals surface area (Å²) in [5.74, 6) is 0. The summed E-state index contributed by atoms with van der Waals surface area (Å²) in [5.41, 5.74) is 8.10. The average molecular weight is 202 g/mol. The monoisotopic (exact) mass is 201 g/mol. The number of hydrogen-bond donors (Lipinski definition) is 1. The second-order valence-electron chi connectivity index (χ2n) is 2.51. The highest BCUT2D eigenvalue weighted by molar-refractivity contribution is 6.58. The highest BCUT2D eigenvalue weighted by atomic mass is 35.5. The van der Waals surface area contributed by atoms with Crippen LogP contribution in [0.2, 0.25) is 0 Å². The summed E-state index contributed by atoms with van der Waals surface area (Å²) in [6, 6.07) is 7.40. The van der Waals surface area contributed by atoms with E-state index in [1.165, 1.54) is 0 Å². The third kappa shape index (κ3) is 2.16. The van der Waals surface area contributed by atoms with E-state index in [4.69, 9.17) is 28.9 Å². The summed E-state index contributed by atoms with van der Waals surface area (Å²) in [7, 11) is 0. The topological polar surface area (TPSA) is 26.0 Å². The summed E-state index contributed by atoms with van der Waals surface area (Å²) in [6.45, 7) is 1.86. The molecule has 1 aromatic rings. The van der Waals surface area contributed by atoms with E-state index >= 15 is 0 Å². The molecule has 12 heavy (non-hydrogen) atoms. The molecule has 1 nitrogen and oxygen atoms in total. The van der Waals surface area contributed by atoms with E-state index in [-0.39, 0.29) is 0 Å². The first-order chi connectivity index (χ1) is 5.61. The van der Waals surface area contributed by atoms with Gasteiger partial charge < -0.3 is 5.73 Å². The van der Waals surface area contributed by atoms with Gasteiger partial charge in [0.1, 0.15) is 4.49 Å². The number of rotatable bonds is 1. The fourth-order valence-electron chi connectivity index (χ4n) is 0.842. The molecule has 0 saturated carbocycles. The van der Waals surface area contributed by atoms with Gasteiger partial charge in [-0.3, -0.25) is 0 Å². The molecule has 0 radical (unpaired) electrons. The molecular formula is C9H9Cl2N. The summed E-state index contributed by atoms with van der Waals surface area (Å²) in [4.78, 5) is 0. The van der Waals surface area contributed by atoms with Crippen LogP contribution >= 0.6 is 23.2 Å². The van der Waals surface area contributed by atoms with Crippen LogP contribution in [0.5, 0.6) is 0 Å². The predicted octanol–water partition coefficient (Wildman–Crippen LogP) is 3.43. The van der Waals surface area contributed by atoms with Gasteiger partial charge in [0.05, 0.1) is 0 Å². The van der Waals surface area contributed by atoms with Crippen LogP contribution in [-0.2, 0) is 0 Å². The molecule has 0 bridgehead atoms. The van der Waals surface area contributed by atoms with Crippen molar-refractivity contribution in [2.24, 2.45) is 0 Å². The maximum atomic E-state index is 5.62. The molecule has 0 saturated heterocycles. The van der Waals surface area contributed by atoms with Gasteiger partial charge in [-0.15, -0.1) is 0 Å². The minimum absolute atomic E-state index is 0.291. The fraction of sp³-hybridized carbons (Fsp3) is 0.111. The van der Waals surface area contributed by atoms with Crippen LogP contribution in [0.4, 0.5) is 5.69 Å². The fourth-order valence-corrected chi connectivity index (χ4v) is 1.06. The number of nitrogens with two attached hydrogens (primary N) is 1. The number of nitrogen functional groups attached to an aromatic ring is 1. The first kappa shape index (κ1) is 9.43. The maximum absolute atomic E-state index is 5.62. The zero-order valence-corrected chi connectivity index (χ0v) is 8.15. The van der Waals surface area contributed by atoms with Crippen molar-refractivity contribution in [3.63, 3.8) is 0 Å². The highest BCUT2D eigenvalue weighted by Gasteiger charge is 1.98. The van der Waals surface area contributed by atoms with Gasteiger partial charge in [-0.2, -0.15) is 0 Å². The normalized spacial score (nSPS) is 9.58. The quantitative estimate of drug-likeness (QED) is 0.693. The Bertz CT molecular complexity index is 297. The van der Waals surface area contributed by atoms with E-state index in [1.54, 1.807) is 0 Å². The Morgan fingerprint density at radius 2 is 1.67 bits per heavy atom. The van der Waals surface area contributed by atoms with Crippen molar-refractivity contribution in [1.82, 2.24) is 0 Å². The van der Waals surface area contributed by atoms with Crippen LogP contribution in [0.3, 0.4) is 0 Å². The Labute approximate surface area is 81.8 Å². The van der Waals surface area contributed by atoms with Gasteiger partial charge in [0.25, 0.3) is 0 Å². The van der Waals surface area contributed by atoms with Gasteiger partial charge >= 0.3 is 0 Å². The molecule has 1 rings (SSSR count). The molecule has 0 spiro atoms. The average Bonchev–Trinajstić information content (AvgIpc) is 2.04. The van der Waals surface area contributed by atoms with E-state index in [0.717, 1.165) is 16.8 Å². The van der Waals surface area contributed by atoms with Gasteiger partial charge in [0.2, 0.25) is 0 Å². The number of anilines is 1. The standard InChI is InChI=1S/C9H9Cl2N/c1-6(9(10)11)7-2-4-8(12)5-3-7/h2-5H,12H2,1H3. The van der Waals surface area contributed by atoms with Gasteiger partial charge in [0.15, 0.2) is 0 Å². The van der Waals surface area contributed by atoms with Crippen molar-refractivity contribution in [3.8, 4) is 0 Å². The minimum Gasteiger partial charge on any atom is -0.399 e. The van der Waals surface area contributed by atoms with Crippen molar-refractivity contribution in [2.75, 3.05) is 5.73 Å². The summed E-state index contributed by atoms with van der Waals surface area (Å²) in [5, 5.41) is 0. The van der Waals surface area contributed by atoms with Crippen LogP contribution in [0.1, 0.15) is 12.5 Å². The third-order valence-corrected chi connectivity index (χ3v) is 2.19. The molecule has 0 unspecified atom stereocenters. The molecule has 0 atom stereocenters. The Balaban J connectivity index is 3.06. The van der Waals surface area contributed by atoms with Crippen molar-refractivity contribution in [2.45, 2.75) is 6.92 Å². The van der Waals surface area contributed by atoms with Crippen molar-refractivity contribution in [1.29, 1.82) is 0 Å². The number of hydrogen-bond acceptors (Lipinski definition) is 1. The van der Waals surface area contributed by atoms with Crippen molar-refractivity contribution >= 4 is 34.5 Å². The largest absolute Gasteiger partial charge is 0.399 e. The molecule has 64 valence electrons. The molecule has 3 heteroatoms. The predicted molar refractivity (Wildman–Crippen MR) is 55.2 cm³/mol. The molecular weight excluding hydrogens is 193 g/mol. The number of halogens is 2. The van der Waals surface area contributed by atoms with Gasteiger partial charge in [-0.25, -0.2) is 0 Å². The molecule has 1 aromatic carbocycles. The third-order valence-electron chi connectivity index (χ3n) is 1.63. The molecule has 2 N–H and O–H groups in total. The van der Waals surface area contributed by atoms with E-state index in [1.807, 2.05) is 31.2 Å². The Hall–Kier alpha value is -0.660. The van der Waals surface area contributed by atoms with E-state index in [9.17, 15) is 0 Å². The molecule has 0 aliphatic heterocycles. The van der Waals surface area contributed by atoms with Crippen molar-refractivity contribution < 1.29 is 0 Å².